The van der Waals surface area contributed by atoms with Gasteiger partial charge >= 0.3 is 5.97 Å². The molecule has 7 heteroatoms. The molecule has 0 aliphatic carbocycles. The van der Waals surface area contributed by atoms with Crippen molar-refractivity contribution < 1.29 is 19.2 Å². The Morgan fingerprint density at radius 1 is 1.57 bits per heavy atom. The lowest BCUT2D eigenvalue weighted by Crippen LogP contribution is -2.40. The second-order valence-corrected chi connectivity index (χ2v) is 5.02. The molecule has 0 spiro atoms. The minimum Gasteiger partial charge on any atom is -0.465 e. The van der Waals surface area contributed by atoms with Gasteiger partial charge in [0.15, 0.2) is 0 Å². The predicted molar refractivity (Wildman–Crippen MR) is 75.1 cm³/mol. The molecule has 1 unspecified atom stereocenters. The van der Waals surface area contributed by atoms with E-state index in [-0.39, 0.29) is 17.4 Å². The van der Waals surface area contributed by atoms with E-state index in [2.05, 4.69) is 9.64 Å². The smallest absolute Gasteiger partial charge is 0.344 e. The van der Waals surface area contributed by atoms with Crippen molar-refractivity contribution in [1.29, 1.82) is 0 Å². The fourth-order valence-electron chi connectivity index (χ4n) is 2.41. The summed E-state index contributed by atoms with van der Waals surface area (Å²) in [6.45, 7) is 4.88. The third kappa shape index (κ3) is 3.77. The lowest BCUT2D eigenvalue weighted by atomic mass is 10.1. The molecule has 1 heterocycles. The molecule has 1 aromatic rings. The Morgan fingerprint density at radius 2 is 2.33 bits per heavy atom. The number of morpholine rings is 1. The number of nitro benzene ring substituents is 1. The summed E-state index contributed by atoms with van der Waals surface area (Å²) < 4.78 is 10.1. The molecule has 7 nitrogen and oxygen atoms in total. The van der Waals surface area contributed by atoms with E-state index in [0.717, 1.165) is 18.7 Å². The average molecular weight is 294 g/mol. The maximum Gasteiger partial charge on any atom is 0.344 e. The van der Waals surface area contributed by atoms with E-state index >= 15 is 0 Å². The molecule has 0 N–H and O–H groups in total. The van der Waals surface area contributed by atoms with Crippen molar-refractivity contribution in [3.8, 4) is 0 Å². The van der Waals surface area contributed by atoms with Gasteiger partial charge in [-0.05, 0) is 18.6 Å². The fourth-order valence-corrected chi connectivity index (χ4v) is 2.41. The SMILES string of the molecule is COC(=O)c1cc(CN2CCOC(C)C2)ccc1[N+](=O)[O-]. The molecule has 2 rings (SSSR count). The number of methoxy groups -OCH3 is 1. The number of esters is 1. The molecule has 0 aromatic heterocycles. The van der Waals surface area contributed by atoms with E-state index in [1.54, 1.807) is 6.07 Å². The minimum atomic E-state index is -0.695. The highest BCUT2D eigenvalue weighted by molar-refractivity contribution is 5.94. The zero-order chi connectivity index (χ0) is 15.4. The number of hydrogen-bond donors (Lipinski definition) is 0. The quantitative estimate of drug-likeness (QED) is 0.476. The lowest BCUT2D eigenvalue weighted by Gasteiger charge is -2.31. The highest BCUT2D eigenvalue weighted by atomic mass is 16.6. The van der Waals surface area contributed by atoms with Gasteiger partial charge in [-0.15, -0.1) is 0 Å². The molecule has 21 heavy (non-hydrogen) atoms. The summed E-state index contributed by atoms with van der Waals surface area (Å²) in [5, 5.41) is 11.0. The Balaban J connectivity index is 2.21. The molecule has 0 saturated carbocycles. The van der Waals surface area contributed by atoms with Gasteiger partial charge in [0.05, 0.1) is 24.7 Å². The Labute approximate surface area is 122 Å². The molecule has 114 valence electrons. The van der Waals surface area contributed by atoms with Crippen molar-refractivity contribution in [3.63, 3.8) is 0 Å². The largest absolute Gasteiger partial charge is 0.465 e. The molecule has 0 amide bonds. The van der Waals surface area contributed by atoms with Gasteiger partial charge in [0, 0.05) is 25.7 Å². The van der Waals surface area contributed by atoms with Crippen LogP contribution in [0.15, 0.2) is 18.2 Å². The number of nitrogens with zero attached hydrogens (tertiary/aromatic N) is 2. The van der Waals surface area contributed by atoms with Crippen LogP contribution < -0.4 is 0 Å². The second kappa shape index (κ2) is 6.64. The highest BCUT2D eigenvalue weighted by Gasteiger charge is 2.22. The van der Waals surface area contributed by atoms with E-state index in [1.807, 2.05) is 6.92 Å². The maximum atomic E-state index is 11.7. The number of benzene rings is 1. The second-order valence-electron chi connectivity index (χ2n) is 5.02. The minimum absolute atomic E-state index is 0.0127. The predicted octanol–water partition coefficient (Wildman–Crippen LogP) is 1.60. The summed E-state index contributed by atoms with van der Waals surface area (Å²) in [7, 11) is 1.21. The average Bonchev–Trinajstić information content (AvgIpc) is 2.46. The first kappa shape index (κ1) is 15.4. The van der Waals surface area contributed by atoms with Crippen molar-refractivity contribution >= 4 is 11.7 Å². The van der Waals surface area contributed by atoms with Crippen molar-refractivity contribution in [3.05, 3.63) is 39.4 Å². The van der Waals surface area contributed by atoms with Crippen molar-refractivity contribution in [1.82, 2.24) is 4.90 Å². The molecule has 1 aliphatic rings. The highest BCUT2D eigenvalue weighted by Crippen LogP contribution is 2.22. The molecule has 1 aromatic carbocycles. The first-order chi connectivity index (χ1) is 10.0. The van der Waals surface area contributed by atoms with Crippen molar-refractivity contribution in [2.75, 3.05) is 26.8 Å². The van der Waals surface area contributed by atoms with Crippen molar-refractivity contribution in [2.45, 2.75) is 19.6 Å². The van der Waals surface area contributed by atoms with Crippen LogP contribution in [-0.2, 0) is 16.0 Å². The first-order valence-electron chi connectivity index (χ1n) is 6.71. The summed E-state index contributed by atoms with van der Waals surface area (Å²) in [5.41, 5.74) is 0.595. The van der Waals surface area contributed by atoms with E-state index in [9.17, 15) is 14.9 Å². The number of hydrogen-bond acceptors (Lipinski definition) is 6. The van der Waals surface area contributed by atoms with E-state index < -0.39 is 10.9 Å². The van der Waals surface area contributed by atoms with Crippen LogP contribution in [0.4, 0.5) is 5.69 Å². The van der Waals surface area contributed by atoms with Crippen LogP contribution in [-0.4, -0.2) is 48.7 Å². The van der Waals surface area contributed by atoms with Crippen LogP contribution in [0.3, 0.4) is 0 Å². The van der Waals surface area contributed by atoms with Crippen molar-refractivity contribution in [2.24, 2.45) is 0 Å². The van der Waals surface area contributed by atoms with Gasteiger partial charge in [-0.25, -0.2) is 4.79 Å². The summed E-state index contributed by atoms with van der Waals surface area (Å²) >= 11 is 0. The van der Waals surface area contributed by atoms with Gasteiger partial charge in [0.25, 0.3) is 5.69 Å². The molecule has 1 atom stereocenters. The third-order valence-electron chi connectivity index (χ3n) is 3.39. The van der Waals surface area contributed by atoms with Crippen LogP contribution in [0, 0.1) is 10.1 Å². The number of carbonyl (C=O) groups excluding carboxylic acids is 1. The number of nitro groups is 1. The summed E-state index contributed by atoms with van der Waals surface area (Å²) in [6, 6.07) is 4.56. The van der Waals surface area contributed by atoms with Gasteiger partial charge in [-0.1, -0.05) is 6.07 Å². The van der Waals surface area contributed by atoms with Gasteiger partial charge < -0.3 is 9.47 Å². The van der Waals surface area contributed by atoms with Gasteiger partial charge in [0.2, 0.25) is 0 Å². The third-order valence-corrected chi connectivity index (χ3v) is 3.39. The van der Waals surface area contributed by atoms with Gasteiger partial charge in [0.1, 0.15) is 5.56 Å². The van der Waals surface area contributed by atoms with E-state index in [1.165, 1.54) is 19.2 Å². The lowest BCUT2D eigenvalue weighted by molar-refractivity contribution is -0.385. The summed E-state index contributed by atoms with van der Waals surface area (Å²) in [5.74, 6) is -0.695. The molecule has 0 bridgehead atoms. The Bertz CT molecular complexity index is 546. The van der Waals surface area contributed by atoms with Crippen LogP contribution >= 0.6 is 0 Å². The monoisotopic (exact) mass is 294 g/mol. The maximum absolute atomic E-state index is 11.7. The Hall–Kier alpha value is -1.99. The summed E-state index contributed by atoms with van der Waals surface area (Å²) in [4.78, 5) is 24.2. The summed E-state index contributed by atoms with van der Waals surface area (Å²) in [6.07, 6.45) is 0.164. The zero-order valence-corrected chi connectivity index (χ0v) is 12.1. The first-order valence-corrected chi connectivity index (χ1v) is 6.71. The molecular weight excluding hydrogens is 276 g/mol. The Morgan fingerprint density at radius 3 is 2.95 bits per heavy atom. The van der Waals surface area contributed by atoms with Crippen LogP contribution in [0.1, 0.15) is 22.8 Å². The molecule has 0 radical (unpaired) electrons. The van der Waals surface area contributed by atoms with E-state index in [4.69, 9.17) is 4.74 Å². The van der Waals surface area contributed by atoms with Crippen LogP contribution in [0.25, 0.3) is 0 Å². The zero-order valence-electron chi connectivity index (χ0n) is 12.1. The number of carbonyl (C=O) groups is 1. The molecule has 1 fully saturated rings. The fraction of sp³-hybridized carbons (Fsp3) is 0.500. The van der Waals surface area contributed by atoms with Crippen LogP contribution in [0.5, 0.6) is 0 Å². The molecular formula is C14H18N2O5. The normalized spacial score (nSPS) is 19.2. The van der Waals surface area contributed by atoms with Gasteiger partial charge in [-0.3, -0.25) is 15.0 Å². The number of ether oxygens (including phenoxy) is 2. The topological polar surface area (TPSA) is 81.9 Å². The molecule has 1 saturated heterocycles. The van der Waals surface area contributed by atoms with Crippen LogP contribution in [0.2, 0.25) is 0 Å². The Kier molecular flexibility index (Phi) is 4.87. The van der Waals surface area contributed by atoms with E-state index in [0.29, 0.717) is 13.2 Å². The van der Waals surface area contributed by atoms with Gasteiger partial charge in [-0.2, -0.15) is 0 Å². The number of rotatable bonds is 4. The standard InChI is InChI=1S/C14H18N2O5/c1-10-8-15(5-6-21-10)9-11-3-4-13(16(18)19)12(7-11)14(17)20-2/h3-4,7,10H,5-6,8-9H2,1-2H3. The molecule has 1 aliphatic heterocycles.